The molecule has 22 heavy (non-hydrogen) atoms. The number of benzene rings is 1. The molecule has 1 aliphatic carbocycles. The van der Waals surface area contributed by atoms with Gasteiger partial charge in [-0.15, -0.1) is 0 Å². The topological polar surface area (TPSA) is 32.3 Å². The summed E-state index contributed by atoms with van der Waals surface area (Å²) in [4.78, 5) is 13.3. The van der Waals surface area contributed by atoms with E-state index in [0.717, 1.165) is 24.8 Å². The second-order valence-corrected chi connectivity index (χ2v) is 6.89. The van der Waals surface area contributed by atoms with Crippen molar-refractivity contribution in [2.24, 2.45) is 11.3 Å². The van der Waals surface area contributed by atoms with Crippen molar-refractivity contribution in [1.82, 2.24) is 10.2 Å². The molecule has 2 atom stereocenters. The van der Waals surface area contributed by atoms with Crippen LogP contribution in [0, 0.1) is 17.2 Å². The number of hydrogen-bond donors (Lipinski definition) is 1. The second-order valence-electron chi connectivity index (χ2n) is 6.48. The zero-order valence-electron chi connectivity index (χ0n) is 13.5. The predicted molar refractivity (Wildman–Crippen MR) is 84.6 cm³/mol. The number of rotatable bonds is 5. The minimum atomic E-state index is -0.823. The van der Waals surface area contributed by atoms with Gasteiger partial charge in [0.1, 0.15) is 10.8 Å². The van der Waals surface area contributed by atoms with E-state index in [9.17, 15) is 9.18 Å². The molecule has 1 saturated carbocycles. The smallest absolute Gasteiger partial charge is 0.265 e. The highest BCUT2D eigenvalue weighted by Crippen LogP contribution is 2.48. The summed E-state index contributed by atoms with van der Waals surface area (Å²) >= 11 is 5.91. The van der Waals surface area contributed by atoms with Crippen molar-refractivity contribution in [3.8, 4) is 0 Å². The number of hydrogen-bond acceptors (Lipinski definition) is 2. The van der Waals surface area contributed by atoms with E-state index in [0.29, 0.717) is 12.5 Å². The molecule has 2 aliphatic rings. The Morgan fingerprint density at radius 1 is 1.45 bits per heavy atom. The minimum absolute atomic E-state index is 0.0487. The van der Waals surface area contributed by atoms with Gasteiger partial charge in [-0.3, -0.25) is 4.79 Å². The van der Waals surface area contributed by atoms with Crippen LogP contribution < -0.4 is 5.32 Å². The zero-order valence-corrected chi connectivity index (χ0v) is 13.2. The molecule has 3 rings (SSSR count). The monoisotopic (exact) mass is 323 g/mol. The molecule has 0 bridgehead atoms. The molecule has 0 radical (unpaired) electrons. The fourth-order valence-corrected chi connectivity index (χ4v) is 3.32. The third-order valence-corrected chi connectivity index (χ3v) is 4.75. The molecular formula is C17H20ClFN2O. The Hall–Kier alpha value is -1.55. The lowest BCUT2D eigenvalue weighted by atomic mass is 9.78. The van der Waals surface area contributed by atoms with Crippen molar-refractivity contribution in [2.75, 3.05) is 13.2 Å². The second kappa shape index (κ2) is 5.92. The van der Waals surface area contributed by atoms with E-state index in [4.69, 9.17) is 13.0 Å². The number of amides is 1. The minimum Gasteiger partial charge on any atom is -0.358 e. The number of nitrogens with zero attached hydrogens (tertiary/aromatic N) is 1. The van der Waals surface area contributed by atoms with Crippen LogP contribution in [0.3, 0.4) is 0 Å². The van der Waals surface area contributed by atoms with Crippen LogP contribution in [-0.2, 0) is 11.2 Å². The van der Waals surface area contributed by atoms with Crippen molar-refractivity contribution in [3.63, 3.8) is 0 Å². The van der Waals surface area contributed by atoms with Gasteiger partial charge in [0, 0.05) is 12.7 Å². The van der Waals surface area contributed by atoms with E-state index in [2.05, 4.69) is 12.2 Å². The molecule has 1 aromatic rings. The Morgan fingerprint density at radius 3 is 2.77 bits per heavy atom. The molecule has 1 unspecified atom stereocenters. The molecule has 0 saturated heterocycles. The summed E-state index contributed by atoms with van der Waals surface area (Å²) in [6.07, 6.45) is 4.69. The average molecular weight is 324 g/mol. The van der Waals surface area contributed by atoms with Crippen LogP contribution in [0.4, 0.5) is 4.39 Å². The largest absolute Gasteiger partial charge is 0.358 e. The van der Waals surface area contributed by atoms with Gasteiger partial charge in [-0.25, -0.2) is 4.39 Å². The number of carbonyl (C=O) groups excluding carboxylic acids is 1. The van der Waals surface area contributed by atoms with Gasteiger partial charge in [0.25, 0.3) is 5.91 Å². The Bertz CT molecular complexity index is 632. The van der Waals surface area contributed by atoms with Crippen LogP contribution in [0.1, 0.15) is 26.7 Å². The van der Waals surface area contributed by atoms with Gasteiger partial charge < -0.3 is 10.2 Å². The van der Waals surface area contributed by atoms with Crippen LogP contribution >= 0.6 is 11.6 Å². The van der Waals surface area contributed by atoms with Gasteiger partial charge in [0.15, 0.2) is 0 Å². The normalized spacial score (nSPS) is 25.1. The van der Waals surface area contributed by atoms with Crippen molar-refractivity contribution in [1.29, 1.82) is 0 Å². The van der Waals surface area contributed by atoms with E-state index in [1.165, 1.54) is 12.1 Å². The molecule has 3 nitrogen and oxygen atoms in total. The first-order valence-electron chi connectivity index (χ1n) is 8.06. The summed E-state index contributed by atoms with van der Waals surface area (Å²) in [6, 6.07) is 6.59. The van der Waals surface area contributed by atoms with Crippen LogP contribution in [0.2, 0.25) is 0 Å². The summed E-state index contributed by atoms with van der Waals surface area (Å²) < 4.78 is 21.1. The lowest BCUT2D eigenvalue weighted by Gasteiger charge is -2.37. The molecule has 1 N–H and O–H groups in total. The van der Waals surface area contributed by atoms with E-state index < -0.39 is 12.6 Å². The van der Waals surface area contributed by atoms with Crippen LogP contribution in [0.15, 0.2) is 35.5 Å². The van der Waals surface area contributed by atoms with Crippen molar-refractivity contribution in [2.45, 2.75) is 26.2 Å². The Kier molecular flexibility index (Phi) is 3.78. The third kappa shape index (κ3) is 3.43. The molecule has 0 aromatic heterocycles. The standard InChI is InChI=1S/C17H20ClFN2O/c1-17(13-4-5-13,8-12-2-6-14(19)7-3-12)10-21-9-15(18)16(22)20-11-21/h2-3,6-7,9,13H,4-5,8,10-11H2,1H3,(H,20,22)/i11D/t11-,17?/m0/s1. The molecule has 118 valence electrons. The molecule has 5 heteroatoms. The molecule has 1 aliphatic heterocycles. The van der Waals surface area contributed by atoms with Gasteiger partial charge in [0.2, 0.25) is 0 Å². The van der Waals surface area contributed by atoms with Crippen molar-refractivity contribution < 1.29 is 10.6 Å². The van der Waals surface area contributed by atoms with Gasteiger partial charge in [-0.05, 0) is 48.3 Å². The average Bonchev–Trinajstić information content (AvgIpc) is 3.32. The molecule has 1 aromatic carbocycles. The Morgan fingerprint density at radius 2 is 2.14 bits per heavy atom. The molecule has 0 spiro atoms. The maximum Gasteiger partial charge on any atom is 0.265 e. The van der Waals surface area contributed by atoms with Crippen molar-refractivity contribution in [3.05, 3.63) is 46.9 Å². The number of nitrogens with one attached hydrogen (secondary N) is 1. The third-order valence-electron chi connectivity index (χ3n) is 4.49. The summed E-state index contributed by atoms with van der Waals surface area (Å²) in [5, 5.41) is 2.64. The molecule has 1 fully saturated rings. The zero-order chi connectivity index (χ0) is 16.6. The lowest BCUT2D eigenvalue weighted by Crippen LogP contribution is -2.45. The maximum absolute atomic E-state index is 13.1. The first-order chi connectivity index (χ1) is 10.9. The van der Waals surface area contributed by atoms with Crippen LogP contribution in [0.25, 0.3) is 0 Å². The fourth-order valence-electron chi connectivity index (χ4n) is 3.14. The maximum atomic E-state index is 13.1. The predicted octanol–water partition coefficient (Wildman–Crippen LogP) is 3.25. The van der Waals surface area contributed by atoms with E-state index in [-0.39, 0.29) is 16.3 Å². The Labute approximate surface area is 136 Å². The SMILES string of the molecule is [2H][C@H]1NC(=O)C(Cl)=CN1CC(C)(Cc1ccc(F)cc1)C1CC1. The lowest BCUT2D eigenvalue weighted by molar-refractivity contribution is -0.118. The molecule has 1 heterocycles. The summed E-state index contributed by atoms with van der Waals surface area (Å²) in [5.41, 5.74) is 1.03. The summed E-state index contributed by atoms with van der Waals surface area (Å²) in [6.45, 7) is 2.00. The van der Waals surface area contributed by atoms with E-state index in [1.54, 1.807) is 11.1 Å². The molecule has 1 amide bonds. The van der Waals surface area contributed by atoms with E-state index in [1.807, 2.05) is 12.1 Å². The highest BCUT2D eigenvalue weighted by molar-refractivity contribution is 6.42. The fraction of sp³-hybridized carbons (Fsp3) is 0.471. The summed E-state index contributed by atoms with van der Waals surface area (Å²) in [5.74, 6) is -0.0688. The highest BCUT2D eigenvalue weighted by Gasteiger charge is 2.42. The van der Waals surface area contributed by atoms with Gasteiger partial charge in [-0.2, -0.15) is 0 Å². The first kappa shape index (κ1) is 14.1. The number of halogens is 2. The molecular weight excluding hydrogens is 303 g/mol. The van der Waals surface area contributed by atoms with Crippen LogP contribution in [0.5, 0.6) is 0 Å². The van der Waals surface area contributed by atoms with Gasteiger partial charge in [0.05, 0.1) is 8.02 Å². The highest BCUT2D eigenvalue weighted by atomic mass is 35.5. The van der Waals surface area contributed by atoms with Crippen LogP contribution in [-0.4, -0.2) is 24.0 Å². The Balaban J connectivity index is 1.78. The summed E-state index contributed by atoms with van der Waals surface area (Å²) in [7, 11) is 0. The van der Waals surface area contributed by atoms with Gasteiger partial charge in [-0.1, -0.05) is 30.7 Å². The number of carbonyl (C=O) groups is 1. The quantitative estimate of drug-likeness (QED) is 0.902. The first-order valence-corrected chi connectivity index (χ1v) is 7.86. The van der Waals surface area contributed by atoms with E-state index >= 15 is 0 Å². The van der Waals surface area contributed by atoms with Crippen molar-refractivity contribution >= 4 is 17.5 Å². The van der Waals surface area contributed by atoms with Gasteiger partial charge >= 0.3 is 0 Å².